The summed E-state index contributed by atoms with van der Waals surface area (Å²) in [4.78, 5) is 0. The van der Waals surface area contributed by atoms with Gasteiger partial charge in [-0.15, -0.1) is 27.7 Å². The van der Waals surface area contributed by atoms with E-state index in [9.17, 15) is 0 Å². The van der Waals surface area contributed by atoms with E-state index in [0.29, 0.717) is 0 Å². The van der Waals surface area contributed by atoms with Crippen LogP contribution in [0.15, 0.2) is 11.1 Å². The molecule has 2 aliphatic rings. The maximum atomic E-state index is 3.03. The van der Waals surface area contributed by atoms with Gasteiger partial charge in [-0.05, 0) is 64.2 Å². The van der Waals surface area contributed by atoms with Crippen molar-refractivity contribution in [3.8, 4) is 0 Å². The van der Waals surface area contributed by atoms with Crippen LogP contribution in [0.3, 0.4) is 0 Å². The maximum Gasteiger partial charge on any atom is 4.00 e. The van der Waals surface area contributed by atoms with E-state index >= 15 is 0 Å². The van der Waals surface area contributed by atoms with Crippen LogP contribution in [0.1, 0.15) is 27.7 Å². The van der Waals surface area contributed by atoms with Gasteiger partial charge in [-0.3, -0.25) is 0 Å². The second-order valence-corrected chi connectivity index (χ2v) is 3.67. The van der Waals surface area contributed by atoms with Gasteiger partial charge in [-0.1, -0.05) is 0 Å². The van der Waals surface area contributed by atoms with Crippen LogP contribution in [0.5, 0.6) is 0 Å². The van der Waals surface area contributed by atoms with Gasteiger partial charge in [-0.25, -0.2) is 0 Å². The Morgan fingerprint density at radius 1 is 0.526 bits per heavy atom. The monoisotopic (exact) mass is 328 g/mol. The minimum absolute atomic E-state index is 0. The summed E-state index contributed by atoms with van der Waals surface area (Å²) in [5.74, 6) is 0. The van der Waals surface area contributed by atoms with Crippen molar-refractivity contribution in [2.45, 2.75) is 27.7 Å². The Morgan fingerprint density at radius 2 is 0.684 bits per heavy atom. The molecule has 2 aliphatic carbocycles. The molecule has 1 heteroatoms. The molecule has 0 spiro atoms. The molecule has 0 bridgehead atoms. The van der Waals surface area contributed by atoms with Gasteiger partial charge in [0, 0.05) is 0 Å². The topological polar surface area (TPSA) is 0 Å². The third-order valence-corrected chi connectivity index (χ3v) is 2.42. The van der Waals surface area contributed by atoms with Crippen LogP contribution >= 0.6 is 0 Å². The Bertz CT molecular complexity index is 189. The van der Waals surface area contributed by atoms with E-state index in [1.807, 2.05) is 91.9 Å². The van der Waals surface area contributed by atoms with Gasteiger partial charge >= 0.3 is 26.2 Å². The van der Waals surface area contributed by atoms with Crippen LogP contribution in [-0.4, -0.2) is 0 Å². The molecule has 0 aromatic heterocycles. The zero-order valence-corrected chi connectivity index (χ0v) is 14.7. The minimum Gasteiger partial charge on any atom is -0.376 e. The third kappa shape index (κ3) is 14.6. The van der Waals surface area contributed by atoms with Crippen LogP contribution in [0.2, 0.25) is 0 Å². The summed E-state index contributed by atoms with van der Waals surface area (Å²) < 4.78 is 0. The summed E-state index contributed by atoms with van der Waals surface area (Å²) in [6, 6.07) is 0. The molecular formula is C18H22Zr+2. The fourth-order valence-corrected chi connectivity index (χ4v) is 1.02. The molecule has 2 fully saturated rings. The number of allylic oxidation sites excluding steroid dienone is 4. The molecule has 2 rings (SSSR count). The van der Waals surface area contributed by atoms with Gasteiger partial charge in [0.25, 0.3) is 0 Å². The van der Waals surface area contributed by atoms with Gasteiger partial charge in [0.15, 0.2) is 0 Å². The quantitative estimate of drug-likeness (QED) is 0.488. The molecule has 10 radical (unpaired) electrons. The van der Waals surface area contributed by atoms with Crippen molar-refractivity contribution in [2.75, 3.05) is 0 Å². The SMILES string of the molecule is C[C-]=C(C)C(C)=[C-]C.[CH]1[CH][CH][CH][CH]1.[CH]1[CH][CH][CH][CH]1.[Zr+4]. The molecule has 96 valence electrons. The molecular weight excluding hydrogens is 307 g/mol. The molecule has 0 heterocycles. The third-order valence-electron chi connectivity index (χ3n) is 2.42. The van der Waals surface area contributed by atoms with Gasteiger partial charge in [0.2, 0.25) is 0 Å². The fourth-order valence-electron chi connectivity index (χ4n) is 1.02. The Kier molecular flexibility index (Phi) is 18.7. The van der Waals surface area contributed by atoms with Crippen molar-refractivity contribution in [3.05, 3.63) is 87.5 Å². The molecule has 0 unspecified atom stereocenters. The molecule has 0 aromatic carbocycles. The average molecular weight is 330 g/mol. The molecule has 0 aliphatic heterocycles. The van der Waals surface area contributed by atoms with E-state index in [0.717, 1.165) is 0 Å². The summed E-state index contributed by atoms with van der Waals surface area (Å²) in [6.45, 7) is 7.89. The van der Waals surface area contributed by atoms with Crippen LogP contribution in [-0.2, 0) is 26.2 Å². The van der Waals surface area contributed by atoms with Crippen LogP contribution in [0, 0.1) is 76.4 Å². The van der Waals surface area contributed by atoms with Crippen LogP contribution < -0.4 is 0 Å². The number of hydrogen-bond donors (Lipinski definition) is 0. The Balaban J connectivity index is 0. The molecule has 0 aromatic rings. The van der Waals surface area contributed by atoms with Gasteiger partial charge in [-0.2, -0.15) is 0 Å². The zero-order chi connectivity index (χ0) is 13.6. The first-order valence-corrected chi connectivity index (χ1v) is 6.08. The number of rotatable bonds is 1. The van der Waals surface area contributed by atoms with E-state index in [2.05, 4.69) is 12.2 Å². The second-order valence-electron chi connectivity index (χ2n) is 3.67. The molecule has 0 saturated heterocycles. The van der Waals surface area contributed by atoms with Gasteiger partial charge in [0.05, 0.1) is 0 Å². The van der Waals surface area contributed by atoms with E-state index in [1.54, 1.807) is 0 Å². The van der Waals surface area contributed by atoms with Crippen molar-refractivity contribution in [1.29, 1.82) is 0 Å². The summed E-state index contributed by atoms with van der Waals surface area (Å²) >= 11 is 0. The standard InChI is InChI=1S/C8H12.2C5H5.Zr/c1-5-7(3)8(4)6-2;2*1-2-4-5-3-1;/h1-4H3;2*1-5H;/q-2;;;+4. The van der Waals surface area contributed by atoms with Crippen LogP contribution in [0.25, 0.3) is 0 Å². The Hall–Kier alpha value is 0.363. The molecule has 0 nitrogen and oxygen atoms in total. The fraction of sp³-hybridized carbons (Fsp3) is 0.222. The van der Waals surface area contributed by atoms with Crippen molar-refractivity contribution >= 4 is 0 Å². The molecule has 0 atom stereocenters. The first kappa shape index (κ1) is 21.7. The van der Waals surface area contributed by atoms with Gasteiger partial charge < -0.3 is 23.3 Å². The van der Waals surface area contributed by atoms with Crippen molar-refractivity contribution in [2.24, 2.45) is 0 Å². The molecule has 19 heavy (non-hydrogen) atoms. The van der Waals surface area contributed by atoms with Crippen molar-refractivity contribution < 1.29 is 26.2 Å². The Labute approximate surface area is 141 Å². The van der Waals surface area contributed by atoms with Crippen LogP contribution in [0.4, 0.5) is 0 Å². The average Bonchev–Trinajstić information content (AvgIpc) is 3.12. The van der Waals surface area contributed by atoms with E-state index in [1.165, 1.54) is 11.1 Å². The Morgan fingerprint density at radius 3 is 0.789 bits per heavy atom. The first-order valence-electron chi connectivity index (χ1n) is 6.08. The summed E-state index contributed by atoms with van der Waals surface area (Å²) in [7, 11) is 0. The smallest absolute Gasteiger partial charge is 0.376 e. The summed E-state index contributed by atoms with van der Waals surface area (Å²) in [5.41, 5.74) is 2.38. The first-order chi connectivity index (χ1) is 8.72. The molecule has 0 amide bonds. The van der Waals surface area contributed by atoms with Crippen molar-refractivity contribution in [3.63, 3.8) is 0 Å². The molecule has 0 N–H and O–H groups in total. The van der Waals surface area contributed by atoms with Gasteiger partial charge in [0.1, 0.15) is 0 Å². The van der Waals surface area contributed by atoms with E-state index in [4.69, 9.17) is 0 Å². The largest absolute Gasteiger partial charge is 4.00 e. The van der Waals surface area contributed by atoms with E-state index < -0.39 is 0 Å². The molecule has 2 saturated carbocycles. The number of hydrogen-bond acceptors (Lipinski definition) is 0. The predicted molar refractivity (Wildman–Crippen MR) is 79.2 cm³/mol. The summed E-state index contributed by atoms with van der Waals surface area (Å²) in [5, 5.41) is 0. The predicted octanol–water partition coefficient (Wildman–Crippen LogP) is 4.57. The zero-order valence-electron chi connectivity index (χ0n) is 12.3. The minimum atomic E-state index is 0. The van der Waals surface area contributed by atoms with E-state index in [-0.39, 0.29) is 26.2 Å². The maximum absolute atomic E-state index is 3.03. The normalized spacial score (nSPS) is 18.7. The van der Waals surface area contributed by atoms with Crippen molar-refractivity contribution in [1.82, 2.24) is 0 Å². The second kappa shape index (κ2) is 16.4. The summed E-state index contributed by atoms with van der Waals surface area (Å²) in [6.07, 6.45) is 26.1.